The molecule has 0 aromatic rings. The van der Waals surface area contributed by atoms with E-state index in [1.807, 2.05) is 7.05 Å². The molecule has 1 saturated heterocycles. The van der Waals surface area contributed by atoms with E-state index in [9.17, 15) is 0 Å². The van der Waals surface area contributed by atoms with Gasteiger partial charge in [0.25, 0.3) is 0 Å². The van der Waals surface area contributed by atoms with Crippen molar-refractivity contribution in [3.63, 3.8) is 0 Å². The van der Waals surface area contributed by atoms with Gasteiger partial charge in [-0.3, -0.25) is 9.80 Å². The van der Waals surface area contributed by atoms with E-state index in [2.05, 4.69) is 22.2 Å². The third-order valence-corrected chi connectivity index (χ3v) is 2.69. The Morgan fingerprint density at radius 2 is 1.62 bits per heavy atom. The van der Waals surface area contributed by atoms with E-state index in [0.717, 1.165) is 39.3 Å². The van der Waals surface area contributed by atoms with Gasteiger partial charge in [-0.05, 0) is 7.05 Å². The van der Waals surface area contributed by atoms with Crippen molar-refractivity contribution in [3.8, 4) is 0 Å². The van der Waals surface area contributed by atoms with Crippen LogP contribution in [0.25, 0.3) is 0 Å². The minimum absolute atomic E-state index is 0. The first-order chi connectivity index (χ1) is 6.86. The SMILES string of the molecule is [CH2-]OCCN1CCN(CCNC)CC1.[CH3-].[Y]. The number of nitrogens with zero attached hydrogens (tertiary/aromatic N) is 2. The molecule has 5 heteroatoms. The Balaban J connectivity index is 0. The number of piperazine rings is 1. The zero-order valence-electron chi connectivity index (χ0n) is 10.7. The average Bonchev–Trinajstić information content (AvgIpc) is 2.25. The molecule has 0 amide bonds. The Bertz CT molecular complexity index is 125. The summed E-state index contributed by atoms with van der Waals surface area (Å²) in [7, 11) is 5.38. The van der Waals surface area contributed by atoms with Gasteiger partial charge in [-0.1, -0.05) is 0 Å². The minimum atomic E-state index is 0. The van der Waals surface area contributed by atoms with Crippen molar-refractivity contribution in [3.05, 3.63) is 14.5 Å². The molecule has 0 aliphatic carbocycles. The molecule has 0 aromatic carbocycles. The summed E-state index contributed by atoms with van der Waals surface area (Å²) in [6.45, 7) is 8.69. The maximum absolute atomic E-state index is 4.82. The monoisotopic (exact) mass is 304 g/mol. The van der Waals surface area contributed by atoms with Crippen molar-refractivity contribution in [2.45, 2.75) is 0 Å². The molecule has 1 fully saturated rings. The van der Waals surface area contributed by atoms with Crippen molar-refractivity contribution in [1.29, 1.82) is 0 Å². The molecular weight excluding hydrogens is 279 g/mol. The largest absolute Gasteiger partial charge is 0.554 e. The van der Waals surface area contributed by atoms with Crippen LogP contribution in [0.5, 0.6) is 0 Å². The first-order valence-corrected chi connectivity index (χ1v) is 5.33. The molecule has 1 N–H and O–H groups in total. The van der Waals surface area contributed by atoms with Crippen LogP contribution in [0.2, 0.25) is 0 Å². The maximum Gasteiger partial charge on any atom is 0.0241 e. The van der Waals surface area contributed by atoms with E-state index < -0.39 is 0 Å². The van der Waals surface area contributed by atoms with Crippen molar-refractivity contribution >= 4 is 0 Å². The third kappa shape index (κ3) is 8.10. The van der Waals surface area contributed by atoms with Gasteiger partial charge in [0.15, 0.2) is 0 Å². The quantitative estimate of drug-likeness (QED) is 0.704. The molecule has 16 heavy (non-hydrogen) atoms. The Kier molecular flexibility index (Phi) is 15.0. The standard InChI is InChI=1S/C10H22N3O.CH3.Y/c1-11-3-4-12-5-7-13(8-6-12)9-10-14-2;;/h11H,2-10H2,1H3;1H3;/q2*-1;. The van der Waals surface area contributed by atoms with Crippen LogP contribution in [0.15, 0.2) is 0 Å². The summed E-state index contributed by atoms with van der Waals surface area (Å²) in [6, 6.07) is 0. The fraction of sp³-hybridized carbons (Fsp3) is 0.818. The fourth-order valence-electron chi connectivity index (χ4n) is 1.70. The van der Waals surface area contributed by atoms with Crippen LogP contribution in [0.1, 0.15) is 0 Å². The van der Waals surface area contributed by atoms with Crippen LogP contribution in [0.4, 0.5) is 0 Å². The number of ether oxygens (including phenoxy) is 1. The van der Waals surface area contributed by atoms with Crippen LogP contribution in [-0.2, 0) is 37.4 Å². The Morgan fingerprint density at radius 3 is 2.06 bits per heavy atom. The number of rotatable bonds is 6. The average molecular weight is 304 g/mol. The van der Waals surface area contributed by atoms with E-state index in [0.29, 0.717) is 0 Å². The summed E-state index contributed by atoms with van der Waals surface area (Å²) < 4.78 is 4.82. The topological polar surface area (TPSA) is 27.7 Å². The van der Waals surface area contributed by atoms with Crippen molar-refractivity contribution in [2.75, 3.05) is 59.5 Å². The second-order valence-corrected chi connectivity index (χ2v) is 3.70. The second-order valence-electron chi connectivity index (χ2n) is 3.70. The summed E-state index contributed by atoms with van der Waals surface area (Å²) in [5.74, 6) is 0. The van der Waals surface area contributed by atoms with Crippen LogP contribution in [0, 0.1) is 14.5 Å². The van der Waals surface area contributed by atoms with Gasteiger partial charge in [0.2, 0.25) is 0 Å². The summed E-state index contributed by atoms with van der Waals surface area (Å²) in [4.78, 5) is 4.93. The molecule has 0 spiro atoms. The van der Waals surface area contributed by atoms with E-state index in [1.165, 1.54) is 13.1 Å². The molecule has 0 atom stereocenters. The number of hydrogen-bond donors (Lipinski definition) is 1. The predicted octanol–water partition coefficient (Wildman–Crippen LogP) is 0.0794. The second kappa shape index (κ2) is 12.4. The van der Waals surface area contributed by atoms with Crippen LogP contribution in [-0.4, -0.2) is 69.3 Å². The smallest absolute Gasteiger partial charge is 0.0241 e. The first kappa shape index (κ1) is 19.3. The van der Waals surface area contributed by atoms with Gasteiger partial charge in [0.05, 0.1) is 0 Å². The molecule has 0 aromatic heterocycles. The van der Waals surface area contributed by atoms with Gasteiger partial charge >= 0.3 is 0 Å². The van der Waals surface area contributed by atoms with Gasteiger partial charge < -0.3 is 17.5 Å². The molecule has 0 bridgehead atoms. The number of hydrogen-bond acceptors (Lipinski definition) is 4. The molecule has 1 heterocycles. The summed E-state index contributed by atoms with van der Waals surface area (Å²) >= 11 is 0. The predicted molar refractivity (Wildman–Crippen MR) is 64.5 cm³/mol. The van der Waals surface area contributed by atoms with Gasteiger partial charge in [0.1, 0.15) is 0 Å². The van der Waals surface area contributed by atoms with Crippen molar-refractivity contribution in [2.24, 2.45) is 0 Å². The normalized spacial score (nSPS) is 17.6. The maximum atomic E-state index is 4.82. The van der Waals surface area contributed by atoms with Gasteiger partial charge in [0, 0.05) is 85.1 Å². The van der Waals surface area contributed by atoms with Crippen LogP contribution < -0.4 is 5.32 Å². The zero-order chi connectivity index (χ0) is 10.2. The van der Waals surface area contributed by atoms with Crippen LogP contribution in [0.3, 0.4) is 0 Å². The molecule has 4 nitrogen and oxygen atoms in total. The summed E-state index contributed by atoms with van der Waals surface area (Å²) in [5, 5.41) is 3.18. The Labute approximate surface area is 126 Å². The van der Waals surface area contributed by atoms with Gasteiger partial charge in [-0.2, -0.15) is 0 Å². The summed E-state index contributed by atoms with van der Waals surface area (Å²) in [6.07, 6.45) is 0. The Hall–Kier alpha value is 0.944. The molecule has 1 radical (unpaired) electrons. The van der Waals surface area contributed by atoms with Crippen LogP contribution >= 0.6 is 0 Å². The molecule has 1 aliphatic heterocycles. The first-order valence-electron chi connectivity index (χ1n) is 5.33. The number of likely N-dealkylation sites (N-methyl/N-ethyl adjacent to an activating group) is 1. The molecule has 0 unspecified atom stereocenters. The molecule has 1 aliphatic rings. The molecule has 0 saturated carbocycles. The third-order valence-electron chi connectivity index (χ3n) is 2.69. The van der Waals surface area contributed by atoms with E-state index in [4.69, 9.17) is 4.74 Å². The van der Waals surface area contributed by atoms with Crippen molar-refractivity contribution in [1.82, 2.24) is 15.1 Å². The van der Waals surface area contributed by atoms with E-state index >= 15 is 0 Å². The molecule has 1 rings (SSSR count). The molecular formula is C11H25N3OY-2. The van der Waals surface area contributed by atoms with E-state index in [-0.39, 0.29) is 40.1 Å². The molecule has 95 valence electrons. The number of nitrogens with one attached hydrogen (secondary N) is 1. The minimum Gasteiger partial charge on any atom is -0.554 e. The van der Waals surface area contributed by atoms with E-state index in [1.54, 1.807) is 0 Å². The van der Waals surface area contributed by atoms with Crippen molar-refractivity contribution < 1.29 is 37.4 Å². The van der Waals surface area contributed by atoms with Gasteiger partial charge in [-0.15, -0.1) is 0 Å². The summed E-state index contributed by atoms with van der Waals surface area (Å²) in [5.41, 5.74) is 0. The zero-order valence-corrected chi connectivity index (χ0v) is 13.6. The fourth-order valence-corrected chi connectivity index (χ4v) is 1.70. The Morgan fingerprint density at radius 1 is 1.12 bits per heavy atom. The van der Waals surface area contributed by atoms with Gasteiger partial charge in [-0.25, -0.2) is 7.11 Å².